The first-order valence-corrected chi connectivity index (χ1v) is 11.6. The van der Waals surface area contributed by atoms with Crippen LogP contribution in [0.3, 0.4) is 0 Å². The molecule has 2 aliphatic heterocycles. The van der Waals surface area contributed by atoms with Gasteiger partial charge in [-0.3, -0.25) is 9.10 Å². The summed E-state index contributed by atoms with van der Waals surface area (Å²) in [4.78, 5) is 14.9. The zero-order chi connectivity index (χ0) is 20.4. The Kier molecular flexibility index (Phi) is 5.36. The minimum atomic E-state index is -3.50. The molecule has 0 saturated carbocycles. The van der Waals surface area contributed by atoms with Crippen molar-refractivity contribution in [1.82, 2.24) is 5.32 Å². The maximum Gasteiger partial charge on any atom is 0.263 e. The number of carbonyl (C=O) groups excluding carboxylic acids is 1. The van der Waals surface area contributed by atoms with Crippen LogP contribution in [0.2, 0.25) is 0 Å². The molecule has 0 spiro atoms. The highest BCUT2D eigenvalue weighted by Crippen LogP contribution is 2.34. The van der Waals surface area contributed by atoms with E-state index < -0.39 is 16.1 Å². The molecule has 2 aliphatic rings. The largest absolute Gasteiger partial charge is 0.476 e. The summed E-state index contributed by atoms with van der Waals surface area (Å²) in [5, 5.41) is 2.89. The monoisotopic (exact) mass is 415 g/mol. The van der Waals surface area contributed by atoms with Gasteiger partial charge in [0.25, 0.3) is 5.91 Å². The first-order valence-electron chi connectivity index (χ1n) is 9.77. The lowest BCUT2D eigenvalue weighted by Crippen LogP contribution is -2.50. The van der Waals surface area contributed by atoms with Crippen LogP contribution in [0.25, 0.3) is 0 Å². The molecule has 0 radical (unpaired) electrons. The Morgan fingerprint density at radius 1 is 1.14 bits per heavy atom. The van der Waals surface area contributed by atoms with Gasteiger partial charge in [-0.05, 0) is 36.6 Å². The number of fused-ring (bicyclic) bond motifs is 2. The fourth-order valence-electron chi connectivity index (χ4n) is 3.89. The highest BCUT2D eigenvalue weighted by atomic mass is 32.2. The summed E-state index contributed by atoms with van der Waals surface area (Å²) in [6.07, 6.45) is 2.13. The van der Waals surface area contributed by atoms with Crippen molar-refractivity contribution < 1.29 is 17.9 Å². The average Bonchev–Trinajstić information content (AvgIpc) is 3.12. The predicted octanol–water partition coefficient (Wildman–Crippen LogP) is 1.78. The van der Waals surface area contributed by atoms with Gasteiger partial charge < -0.3 is 15.0 Å². The second-order valence-electron chi connectivity index (χ2n) is 7.38. The standard InChI is InChI=1S/C21H25N3O4S/c1-29(26,27)24-15-20(28-19-10-5-4-9-18(19)24)21(25)22-12-6-13-23-14-11-16-7-2-3-8-17(16)23/h2-5,7-10,20H,6,11-15H2,1H3,(H,22,25)/t20-/m0/s1. The van der Waals surface area contributed by atoms with Gasteiger partial charge in [0.15, 0.2) is 6.10 Å². The van der Waals surface area contributed by atoms with E-state index in [-0.39, 0.29) is 12.5 Å². The number of anilines is 2. The van der Waals surface area contributed by atoms with Gasteiger partial charge in [-0.1, -0.05) is 30.3 Å². The van der Waals surface area contributed by atoms with E-state index >= 15 is 0 Å². The summed E-state index contributed by atoms with van der Waals surface area (Å²) >= 11 is 0. The molecule has 1 amide bonds. The molecule has 0 bridgehead atoms. The van der Waals surface area contributed by atoms with E-state index in [0.29, 0.717) is 18.0 Å². The Labute approximate surface area is 171 Å². The number of ether oxygens (including phenoxy) is 1. The van der Waals surface area contributed by atoms with Crippen molar-refractivity contribution in [2.24, 2.45) is 0 Å². The number of hydrogen-bond donors (Lipinski definition) is 1. The van der Waals surface area contributed by atoms with Gasteiger partial charge in [0.2, 0.25) is 10.0 Å². The minimum absolute atomic E-state index is 0.0266. The van der Waals surface area contributed by atoms with E-state index in [0.717, 1.165) is 32.2 Å². The van der Waals surface area contributed by atoms with Crippen LogP contribution >= 0.6 is 0 Å². The van der Waals surface area contributed by atoms with Gasteiger partial charge in [-0.25, -0.2) is 8.42 Å². The lowest BCUT2D eigenvalue weighted by molar-refractivity contribution is -0.127. The highest BCUT2D eigenvalue weighted by Gasteiger charge is 2.34. The molecule has 0 aromatic heterocycles. The van der Waals surface area contributed by atoms with E-state index in [1.165, 1.54) is 15.6 Å². The molecule has 0 fully saturated rings. The summed E-state index contributed by atoms with van der Waals surface area (Å²) in [6.45, 7) is 2.35. The smallest absolute Gasteiger partial charge is 0.263 e. The van der Waals surface area contributed by atoms with Crippen LogP contribution in [0.15, 0.2) is 48.5 Å². The van der Waals surface area contributed by atoms with Crippen LogP contribution in [-0.4, -0.2) is 52.9 Å². The molecule has 0 aliphatic carbocycles. The van der Waals surface area contributed by atoms with Crippen molar-refractivity contribution >= 4 is 27.3 Å². The van der Waals surface area contributed by atoms with E-state index in [9.17, 15) is 13.2 Å². The molecule has 4 rings (SSSR count). The Bertz CT molecular complexity index is 1010. The molecule has 1 atom stereocenters. The summed E-state index contributed by atoms with van der Waals surface area (Å²) in [6, 6.07) is 15.3. The molecule has 2 aromatic rings. The normalized spacial score (nSPS) is 18.0. The van der Waals surface area contributed by atoms with E-state index in [2.05, 4.69) is 28.4 Å². The van der Waals surface area contributed by atoms with Crippen LogP contribution in [0, 0.1) is 0 Å². The zero-order valence-electron chi connectivity index (χ0n) is 16.4. The first kappa shape index (κ1) is 19.6. The third-order valence-corrected chi connectivity index (χ3v) is 6.46. The number of amides is 1. The van der Waals surface area contributed by atoms with E-state index in [1.807, 2.05) is 6.07 Å². The molecule has 154 valence electrons. The first-order chi connectivity index (χ1) is 13.9. The van der Waals surface area contributed by atoms with Crippen molar-refractivity contribution in [3.63, 3.8) is 0 Å². The number of sulfonamides is 1. The minimum Gasteiger partial charge on any atom is -0.476 e. The molecule has 0 unspecified atom stereocenters. The van der Waals surface area contributed by atoms with E-state index in [1.54, 1.807) is 24.3 Å². The van der Waals surface area contributed by atoms with Gasteiger partial charge >= 0.3 is 0 Å². The number of carbonyl (C=O) groups is 1. The fourth-order valence-corrected chi connectivity index (χ4v) is 4.80. The number of rotatable bonds is 6. The molecule has 1 N–H and O–H groups in total. The maximum atomic E-state index is 12.6. The van der Waals surface area contributed by atoms with Crippen molar-refractivity contribution in [2.75, 3.05) is 41.6 Å². The zero-order valence-corrected chi connectivity index (χ0v) is 17.2. The average molecular weight is 416 g/mol. The van der Waals surface area contributed by atoms with Crippen molar-refractivity contribution in [3.8, 4) is 5.75 Å². The van der Waals surface area contributed by atoms with Crippen LogP contribution in [0.1, 0.15) is 12.0 Å². The second-order valence-corrected chi connectivity index (χ2v) is 9.29. The van der Waals surface area contributed by atoms with Crippen molar-refractivity contribution in [3.05, 3.63) is 54.1 Å². The van der Waals surface area contributed by atoms with Crippen LogP contribution in [0.4, 0.5) is 11.4 Å². The van der Waals surface area contributed by atoms with E-state index in [4.69, 9.17) is 4.74 Å². The topological polar surface area (TPSA) is 79.0 Å². The van der Waals surface area contributed by atoms with Crippen molar-refractivity contribution in [1.29, 1.82) is 0 Å². The lowest BCUT2D eigenvalue weighted by atomic mass is 10.2. The van der Waals surface area contributed by atoms with Crippen molar-refractivity contribution in [2.45, 2.75) is 18.9 Å². The van der Waals surface area contributed by atoms with Crippen LogP contribution in [0.5, 0.6) is 5.75 Å². The van der Waals surface area contributed by atoms with Gasteiger partial charge in [0, 0.05) is 25.3 Å². The Hall–Kier alpha value is -2.74. The third kappa shape index (κ3) is 4.17. The molecule has 0 saturated heterocycles. The summed E-state index contributed by atoms with van der Waals surface area (Å²) in [7, 11) is -3.50. The lowest BCUT2D eigenvalue weighted by Gasteiger charge is -2.33. The highest BCUT2D eigenvalue weighted by molar-refractivity contribution is 7.92. The molecular weight excluding hydrogens is 390 g/mol. The third-order valence-electron chi connectivity index (χ3n) is 5.31. The van der Waals surface area contributed by atoms with Gasteiger partial charge in [0.05, 0.1) is 18.5 Å². The quantitative estimate of drug-likeness (QED) is 0.728. The molecule has 29 heavy (non-hydrogen) atoms. The molecule has 7 nitrogen and oxygen atoms in total. The summed E-state index contributed by atoms with van der Waals surface area (Å²) in [5.74, 6) is 0.105. The summed E-state index contributed by atoms with van der Waals surface area (Å²) < 4.78 is 31.3. The number of benzene rings is 2. The summed E-state index contributed by atoms with van der Waals surface area (Å²) in [5.41, 5.74) is 3.10. The van der Waals surface area contributed by atoms with Gasteiger partial charge in [-0.2, -0.15) is 0 Å². The Morgan fingerprint density at radius 2 is 1.86 bits per heavy atom. The number of nitrogens with zero attached hydrogens (tertiary/aromatic N) is 2. The molecule has 2 aromatic carbocycles. The number of hydrogen-bond acceptors (Lipinski definition) is 5. The SMILES string of the molecule is CS(=O)(=O)N1C[C@@H](C(=O)NCCCN2CCc3ccccc32)Oc2ccccc21. The van der Waals surface area contributed by atoms with Crippen LogP contribution in [-0.2, 0) is 21.2 Å². The predicted molar refractivity (Wildman–Crippen MR) is 113 cm³/mol. The maximum absolute atomic E-state index is 12.6. The molecule has 8 heteroatoms. The molecular formula is C21H25N3O4S. The van der Waals surface area contributed by atoms with Gasteiger partial charge in [-0.15, -0.1) is 0 Å². The van der Waals surface area contributed by atoms with Gasteiger partial charge in [0.1, 0.15) is 5.75 Å². The fraction of sp³-hybridized carbons (Fsp3) is 0.381. The second kappa shape index (κ2) is 7.94. The molecule has 2 heterocycles. The van der Waals surface area contributed by atoms with Crippen LogP contribution < -0.4 is 19.3 Å². The Balaban J connectivity index is 1.32. The number of nitrogens with one attached hydrogen (secondary N) is 1. The number of para-hydroxylation sites is 3. The Morgan fingerprint density at radius 3 is 2.66 bits per heavy atom.